The van der Waals surface area contributed by atoms with Crippen molar-refractivity contribution in [3.8, 4) is 0 Å². The van der Waals surface area contributed by atoms with Gasteiger partial charge in [-0.25, -0.2) is 13.8 Å². The van der Waals surface area contributed by atoms with Crippen LogP contribution in [0.1, 0.15) is 32.1 Å². The van der Waals surface area contributed by atoms with Gasteiger partial charge in [-0.3, -0.25) is 0 Å². The second-order valence-electron chi connectivity index (χ2n) is 5.59. The SMILES string of the molecule is Fc1ccc(N=C(S)C[C@H]2CC[C@@H](C(F)(F)F)CC2)cc1F. The van der Waals surface area contributed by atoms with Gasteiger partial charge in [0.05, 0.1) is 16.6 Å². The van der Waals surface area contributed by atoms with Crippen LogP contribution >= 0.6 is 12.6 Å². The largest absolute Gasteiger partial charge is 0.391 e. The fourth-order valence-electron chi connectivity index (χ4n) is 2.70. The van der Waals surface area contributed by atoms with E-state index in [4.69, 9.17) is 0 Å². The molecular formula is C15H16F5NS. The van der Waals surface area contributed by atoms with E-state index in [9.17, 15) is 22.0 Å². The Kier molecular flexibility index (Phi) is 5.47. The molecule has 1 saturated carbocycles. The summed E-state index contributed by atoms with van der Waals surface area (Å²) in [6.45, 7) is 0. The van der Waals surface area contributed by atoms with Gasteiger partial charge in [0.25, 0.3) is 0 Å². The predicted molar refractivity (Wildman–Crippen MR) is 78.6 cm³/mol. The number of thiol groups is 1. The molecule has 1 aromatic carbocycles. The number of hydrogen-bond donors (Lipinski definition) is 1. The second-order valence-corrected chi connectivity index (χ2v) is 6.11. The Morgan fingerprint density at radius 3 is 2.27 bits per heavy atom. The highest BCUT2D eigenvalue weighted by atomic mass is 32.1. The zero-order valence-corrected chi connectivity index (χ0v) is 12.6. The Bertz CT molecular complexity index is 547. The maximum absolute atomic E-state index is 13.1. The highest BCUT2D eigenvalue weighted by Gasteiger charge is 2.41. The van der Waals surface area contributed by atoms with Gasteiger partial charge in [0.15, 0.2) is 11.6 Å². The van der Waals surface area contributed by atoms with Gasteiger partial charge >= 0.3 is 6.18 Å². The minimum Gasteiger partial charge on any atom is -0.247 e. The number of aliphatic imine (C=N–C) groups is 1. The van der Waals surface area contributed by atoms with Crippen LogP contribution in [0.3, 0.4) is 0 Å². The average molecular weight is 337 g/mol. The standard InChI is InChI=1S/C15H16F5NS/c16-12-6-5-11(8-13(12)17)21-14(22)7-9-1-3-10(4-2-9)15(18,19)20/h5-6,8-10H,1-4,7H2,(H,21,22)/t9-,10+. The number of hydrogen-bond acceptors (Lipinski definition) is 1. The van der Waals surface area contributed by atoms with Crippen LogP contribution in [0.25, 0.3) is 0 Å². The Balaban J connectivity index is 1.91. The third-order valence-corrected chi connectivity index (χ3v) is 4.22. The summed E-state index contributed by atoms with van der Waals surface area (Å²) >= 11 is 4.20. The highest BCUT2D eigenvalue weighted by molar-refractivity contribution is 7.97. The lowest BCUT2D eigenvalue weighted by Gasteiger charge is -2.29. The van der Waals surface area contributed by atoms with Crippen molar-refractivity contribution in [3.05, 3.63) is 29.8 Å². The molecule has 2 rings (SSSR count). The number of alkyl halides is 3. The first-order valence-corrected chi connectivity index (χ1v) is 7.48. The molecule has 1 aliphatic carbocycles. The molecule has 0 amide bonds. The van der Waals surface area contributed by atoms with Crippen molar-refractivity contribution in [2.75, 3.05) is 0 Å². The Hall–Kier alpha value is -1.11. The third-order valence-electron chi connectivity index (χ3n) is 3.94. The van der Waals surface area contributed by atoms with E-state index in [2.05, 4.69) is 17.6 Å². The predicted octanol–water partition coefficient (Wildman–Crippen LogP) is 5.68. The molecule has 0 bridgehead atoms. The zero-order chi connectivity index (χ0) is 16.3. The van der Waals surface area contributed by atoms with Crippen LogP contribution < -0.4 is 0 Å². The molecule has 7 heteroatoms. The molecule has 0 spiro atoms. The monoisotopic (exact) mass is 337 g/mol. The highest BCUT2D eigenvalue weighted by Crippen LogP contribution is 2.40. The van der Waals surface area contributed by atoms with Crippen LogP contribution in [-0.2, 0) is 0 Å². The molecule has 1 aliphatic rings. The molecule has 0 aliphatic heterocycles. The topological polar surface area (TPSA) is 12.4 Å². The third kappa shape index (κ3) is 4.69. The quantitative estimate of drug-likeness (QED) is 0.315. The summed E-state index contributed by atoms with van der Waals surface area (Å²) in [5, 5.41) is 0.418. The molecule has 0 N–H and O–H groups in total. The van der Waals surface area contributed by atoms with Crippen molar-refractivity contribution >= 4 is 23.4 Å². The summed E-state index contributed by atoms with van der Waals surface area (Å²) in [6.07, 6.45) is -2.47. The molecule has 0 heterocycles. The summed E-state index contributed by atoms with van der Waals surface area (Å²) < 4.78 is 63.6. The first kappa shape index (κ1) is 17.2. The number of nitrogens with zero attached hydrogens (tertiary/aromatic N) is 1. The molecule has 0 radical (unpaired) electrons. The van der Waals surface area contributed by atoms with E-state index in [1.165, 1.54) is 6.07 Å². The van der Waals surface area contributed by atoms with Gasteiger partial charge in [0.2, 0.25) is 0 Å². The van der Waals surface area contributed by atoms with Gasteiger partial charge in [-0.2, -0.15) is 13.2 Å². The maximum Gasteiger partial charge on any atom is 0.391 e. The van der Waals surface area contributed by atoms with E-state index in [1.54, 1.807) is 0 Å². The van der Waals surface area contributed by atoms with Crippen LogP contribution in [0.2, 0.25) is 0 Å². The number of rotatable bonds is 3. The van der Waals surface area contributed by atoms with Crippen molar-refractivity contribution in [3.63, 3.8) is 0 Å². The summed E-state index contributed by atoms with van der Waals surface area (Å²) in [7, 11) is 0. The fraction of sp³-hybridized carbons (Fsp3) is 0.533. The molecule has 22 heavy (non-hydrogen) atoms. The lowest BCUT2D eigenvalue weighted by atomic mass is 9.80. The first-order valence-electron chi connectivity index (χ1n) is 7.04. The molecule has 1 nitrogen and oxygen atoms in total. The van der Waals surface area contributed by atoms with Gasteiger partial charge < -0.3 is 0 Å². The molecule has 1 fully saturated rings. The molecular weight excluding hydrogens is 321 g/mol. The van der Waals surface area contributed by atoms with Crippen LogP contribution in [0.4, 0.5) is 27.6 Å². The van der Waals surface area contributed by atoms with Crippen LogP contribution in [-0.4, -0.2) is 11.2 Å². The van der Waals surface area contributed by atoms with Crippen molar-refractivity contribution in [2.45, 2.75) is 38.3 Å². The smallest absolute Gasteiger partial charge is 0.247 e. The number of halogens is 5. The van der Waals surface area contributed by atoms with Gasteiger partial charge in [0.1, 0.15) is 0 Å². The molecule has 122 valence electrons. The lowest BCUT2D eigenvalue weighted by molar-refractivity contribution is -0.183. The maximum atomic E-state index is 13.1. The van der Waals surface area contributed by atoms with Crippen LogP contribution in [0.15, 0.2) is 23.2 Å². The summed E-state index contributed by atoms with van der Waals surface area (Å²) in [5.41, 5.74) is 0.243. The van der Waals surface area contributed by atoms with E-state index in [0.717, 1.165) is 12.1 Å². The van der Waals surface area contributed by atoms with Gasteiger partial charge in [-0.1, -0.05) is 0 Å². The van der Waals surface area contributed by atoms with Crippen LogP contribution in [0, 0.1) is 23.5 Å². The van der Waals surface area contributed by atoms with Crippen LogP contribution in [0.5, 0.6) is 0 Å². The van der Waals surface area contributed by atoms with E-state index in [1.807, 2.05) is 0 Å². The molecule has 0 aromatic heterocycles. The van der Waals surface area contributed by atoms with Crippen molar-refractivity contribution in [2.24, 2.45) is 16.8 Å². The van der Waals surface area contributed by atoms with Crippen molar-refractivity contribution in [1.82, 2.24) is 0 Å². The minimum atomic E-state index is -4.12. The average Bonchev–Trinajstić information content (AvgIpc) is 2.42. The molecule has 0 saturated heterocycles. The Morgan fingerprint density at radius 1 is 1.09 bits per heavy atom. The van der Waals surface area contributed by atoms with E-state index in [0.29, 0.717) is 24.3 Å². The fourth-order valence-corrected chi connectivity index (χ4v) is 3.08. The summed E-state index contributed by atoms with van der Waals surface area (Å²) in [6, 6.07) is 3.27. The minimum absolute atomic E-state index is 0.0974. The molecule has 0 atom stereocenters. The van der Waals surface area contributed by atoms with Crippen molar-refractivity contribution < 1.29 is 22.0 Å². The Morgan fingerprint density at radius 2 is 1.73 bits per heavy atom. The summed E-state index contributed by atoms with van der Waals surface area (Å²) in [5.74, 6) is -3.06. The lowest BCUT2D eigenvalue weighted by Crippen LogP contribution is -2.28. The van der Waals surface area contributed by atoms with E-state index < -0.39 is 23.7 Å². The van der Waals surface area contributed by atoms with Crippen molar-refractivity contribution in [1.29, 1.82) is 0 Å². The van der Waals surface area contributed by atoms with E-state index in [-0.39, 0.29) is 24.4 Å². The molecule has 0 unspecified atom stereocenters. The second kappa shape index (κ2) is 6.98. The van der Waals surface area contributed by atoms with Gasteiger partial charge in [0, 0.05) is 6.07 Å². The van der Waals surface area contributed by atoms with Gasteiger partial charge in [-0.15, -0.1) is 12.6 Å². The van der Waals surface area contributed by atoms with Gasteiger partial charge in [-0.05, 0) is 50.2 Å². The number of benzene rings is 1. The zero-order valence-electron chi connectivity index (χ0n) is 11.7. The Labute approximate surface area is 131 Å². The van der Waals surface area contributed by atoms with E-state index >= 15 is 0 Å². The normalized spacial score (nSPS) is 23.6. The first-order chi connectivity index (χ1) is 10.3. The molecule has 1 aromatic rings. The summed E-state index contributed by atoms with van der Waals surface area (Å²) in [4.78, 5) is 4.07.